The van der Waals surface area contributed by atoms with Crippen molar-refractivity contribution in [2.75, 3.05) is 0 Å². The number of ether oxygens (including phenoxy) is 4. The first-order valence-electron chi connectivity index (χ1n) is 21.2. The number of fused-ring (bicyclic) bond motifs is 6. The van der Waals surface area contributed by atoms with Crippen LogP contribution in [0.2, 0.25) is 0 Å². The standard InChI is InChI=1S/C18H26O2.C11H20O.C10H17O2.C9H12/c1-13(2)18-10-9-17(4,20-18)16(11-18)19-12-15-8-6-5-7-14(15)3;1-8(2)11-6-5-10(4,12-11)9(3)7-11;1-7(2)10-5-4-9(3,12-10)8(11)6-10;1-3-9-7-5-4-6-8(9)2/h5-8,13,16H,9-12H2,1-4H3;8-9H,5-7H2,1-4H3;7-8H,4-6H2,1-3H3;4-7H,3H2,1-2H3/q;;-1;. The molecule has 6 heterocycles. The Hall–Kier alpha value is -1.76. The molecule has 2 aromatic carbocycles. The third-order valence-corrected chi connectivity index (χ3v) is 15.1. The molecule has 9 unspecified atom stereocenters. The van der Waals surface area contributed by atoms with Crippen molar-refractivity contribution in [3.63, 3.8) is 0 Å². The summed E-state index contributed by atoms with van der Waals surface area (Å²) in [5.41, 5.74) is 5.48. The lowest BCUT2D eigenvalue weighted by molar-refractivity contribution is -0.440. The van der Waals surface area contributed by atoms with E-state index in [2.05, 4.69) is 132 Å². The van der Waals surface area contributed by atoms with Crippen molar-refractivity contribution in [3.05, 3.63) is 70.8 Å². The van der Waals surface area contributed by atoms with E-state index in [9.17, 15) is 5.11 Å². The molecule has 53 heavy (non-hydrogen) atoms. The number of rotatable bonds is 7. The average molecular weight is 732 g/mol. The Morgan fingerprint density at radius 3 is 1.40 bits per heavy atom. The van der Waals surface area contributed by atoms with E-state index in [0.717, 1.165) is 44.4 Å². The highest BCUT2D eigenvalue weighted by Crippen LogP contribution is 2.57. The van der Waals surface area contributed by atoms with E-state index in [0.29, 0.717) is 24.4 Å². The Morgan fingerprint density at radius 1 is 0.623 bits per heavy atom. The average Bonchev–Trinajstić information content (AvgIpc) is 3.92. The van der Waals surface area contributed by atoms with Gasteiger partial charge in [-0.3, -0.25) is 0 Å². The Balaban J connectivity index is 0.000000143. The molecular formula is C48H75O5-. The third kappa shape index (κ3) is 8.51. The number of aryl methyl sites for hydroxylation is 3. The molecule has 6 bridgehead atoms. The molecule has 0 saturated carbocycles. The minimum absolute atomic E-state index is 0.0607. The van der Waals surface area contributed by atoms with Crippen LogP contribution >= 0.6 is 0 Å². The van der Waals surface area contributed by atoms with Gasteiger partial charge in [0.1, 0.15) is 0 Å². The van der Waals surface area contributed by atoms with Gasteiger partial charge in [-0.15, -0.1) is 0 Å². The summed E-state index contributed by atoms with van der Waals surface area (Å²) in [6, 6.07) is 17.0. The van der Waals surface area contributed by atoms with Gasteiger partial charge < -0.3 is 24.1 Å². The van der Waals surface area contributed by atoms with Gasteiger partial charge in [0.15, 0.2) is 0 Å². The molecule has 0 spiro atoms. The molecule has 0 radical (unpaired) electrons. The van der Waals surface area contributed by atoms with Crippen molar-refractivity contribution < 1.29 is 24.1 Å². The summed E-state index contributed by atoms with van der Waals surface area (Å²) in [4.78, 5) is 0. The molecule has 6 aliphatic heterocycles. The van der Waals surface area contributed by atoms with E-state index >= 15 is 0 Å². The van der Waals surface area contributed by atoms with E-state index < -0.39 is 6.10 Å². The van der Waals surface area contributed by atoms with Crippen molar-refractivity contribution in [3.8, 4) is 0 Å². The molecule has 6 saturated heterocycles. The van der Waals surface area contributed by atoms with E-state index in [1.807, 2.05) is 6.92 Å². The monoisotopic (exact) mass is 732 g/mol. The number of benzene rings is 2. The Morgan fingerprint density at radius 2 is 1.06 bits per heavy atom. The Labute approximate surface area is 324 Å². The van der Waals surface area contributed by atoms with Crippen LogP contribution in [0.4, 0.5) is 0 Å². The summed E-state index contributed by atoms with van der Waals surface area (Å²) in [5, 5.41) is 11.6. The van der Waals surface area contributed by atoms with Gasteiger partial charge in [-0.05, 0) is 138 Å². The predicted octanol–water partition coefficient (Wildman–Crippen LogP) is 10.9. The van der Waals surface area contributed by atoms with Gasteiger partial charge in [0.25, 0.3) is 0 Å². The maximum absolute atomic E-state index is 11.6. The fraction of sp³-hybridized carbons (Fsp3) is 0.750. The fourth-order valence-electron chi connectivity index (χ4n) is 10.2. The van der Waals surface area contributed by atoms with Crippen molar-refractivity contribution >= 4 is 0 Å². The third-order valence-electron chi connectivity index (χ3n) is 15.1. The molecular weight excluding hydrogens is 657 g/mol. The maximum Gasteiger partial charge on any atom is 0.0924 e. The molecule has 0 amide bonds. The van der Waals surface area contributed by atoms with E-state index in [-0.39, 0.29) is 39.7 Å². The molecule has 9 atom stereocenters. The zero-order valence-corrected chi connectivity index (χ0v) is 35.9. The fourth-order valence-corrected chi connectivity index (χ4v) is 10.2. The van der Waals surface area contributed by atoms with E-state index in [1.165, 1.54) is 47.9 Å². The predicted molar refractivity (Wildman–Crippen MR) is 216 cm³/mol. The molecule has 6 fully saturated rings. The Kier molecular flexibility index (Phi) is 12.8. The molecule has 8 rings (SSSR count). The molecule has 0 N–H and O–H groups in total. The van der Waals surface area contributed by atoms with Crippen LogP contribution in [0.3, 0.4) is 0 Å². The van der Waals surface area contributed by atoms with Crippen LogP contribution in [-0.2, 0) is 32.0 Å². The first-order valence-corrected chi connectivity index (χ1v) is 21.2. The molecule has 6 aliphatic rings. The second-order valence-corrected chi connectivity index (χ2v) is 19.4. The highest BCUT2D eigenvalue weighted by atomic mass is 16.6. The smallest absolute Gasteiger partial charge is 0.0924 e. The maximum atomic E-state index is 11.6. The molecule has 0 aliphatic carbocycles. The zero-order valence-electron chi connectivity index (χ0n) is 35.9. The molecule has 5 heteroatoms. The van der Waals surface area contributed by atoms with Crippen LogP contribution in [0.1, 0.15) is 156 Å². The zero-order chi connectivity index (χ0) is 39.0. The topological polar surface area (TPSA) is 60.0 Å². The minimum Gasteiger partial charge on any atom is -0.850 e. The molecule has 5 nitrogen and oxygen atoms in total. The summed E-state index contributed by atoms with van der Waals surface area (Å²) in [5.74, 6) is 2.49. The second kappa shape index (κ2) is 16.0. The van der Waals surface area contributed by atoms with Gasteiger partial charge in [0, 0.05) is 6.42 Å². The van der Waals surface area contributed by atoms with Gasteiger partial charge in [-0.1, -0.05) is 110 Å². The van der Waals surface area contributed by atoms with Gasteiger partial charge in [0.2, 0.25) is 0 Å². The largest absolute Gasteiger partial charge is 0.850 e. The van der Waals surface area contributed by atoms with Crippen LogP contribution in [0.5, 0.6) is 0 Å². The van der Waals surface area contributed by atoms with E-state index in [1.54, 1.807) is 0 Å². The molecule has 298 valence electrons. The lowest BCUT2D eigenvalue weighted by Crippen LogP contribution is -2.45. The highest BCUT2D eigenvalue weighted by molar-refractivity contribution is 5.26. The minimum atomic E-state index is -0.492. The lowest BCUT2D eigenvalue weighted by Gasteiger charge is -2.35. The lowest BCUT2D eigenvalue weighted by atomic mass is 9.72. The summed E-state index contributed by atoms with van der Waals surface area (Å²) in [7, 11) is 0. The highest BCUT2D eigenvalue weighted by Gasteiger charge is 2.61. The quantitative estimate of drug-likeness (QED) is 0.284. The first kappa shape index (κ1) is 42.4. The van der Waals surface area contributed by atoms with Crippen molar-refractivity contribution in [1.82, 2.24) is 0 Å². The normalized spacial score (nSPS) is 38.8. The van der Waals surface area contributed by atoms with Crippen LogP contribution in [0.15, 0.2) is 48.5 Å². The van der Waals surface area contributed by atoms with Gasteiger partial charge >= 0.3 is 0 Å². The molecule has 2 aromatic rings. The van der Waals surface area contributed by atoms with Crippen LogP contribution in [0, 0.1) is 37.5 Å². The molecule has 0 aromatic heterocycles. The van der Waals surface area contributed by atoms with Crippen LogP contribution in [0.25, 0.3) is 0 Å². The second-order valence-electron chi connectivity index (χ2n) is 19.4. The SMILES string of the molecule is CC(C)C12CCC(C)(O1)C([O-])C2.CC1CC2(C(C)C)CCC1(C)O2.CCc1ccccc1C.Cc1ccccc1COC1CC2(C(C)C)CCC1(C)O2. The summed E-state index contributed by atoms with van der Waals surface area (Å²) in [6.45, 7) is 29.5. The number of hydrogen-bond donors (Lipinski definition) is 0. The van der Waals surface area contributed by atoms with Crippen molar-refractivity contribution in [1.29, 1.82) is 0 Å². The number of hydrogen-bond acceptors (Lipinski definition) is 5. The first-order chi connectivity index (χ1) is 24.8. The van der Waals surface area contributed by atoms with Crippen LogP contribution in [-0.4, -0.2) is 45.8 Å². The van der Waals surface area contributed by atoms with Crippen molar-refractivity contribution in [2.24, 2.45) is 23.7 Å². The summed E-state index contributed by atoms with van der Waals surface area (Å²) < 4.78 is 24.8. The van der Waals surface area contributed by atoms with Gasteiger partial charge in [-0.25, -0.2) is 0 Å². The van der Waals surface area contributed by atoms with Gasteiger partial charge in [0.05, 0.1) is 46.3 Å². The van der Waals surface area contributed by atoms with Crippen molar-refractivity contribution in [2.45, 2.75) is 207 Å². The van der Waals surface area contributed by atoms with Gasteiger partial charge in [-0.2, -0.15) is 0 Å². The summed E-state index contributed by atoms with van der Waals surface area (Å²) >= 11 is 0. The van der Waals surface area contributed by atoms with E-state index in [4.69, 9.17) is 18.9 Å². The summed E-state index contributed by atoms with van der Waals surface area (Å²) in [6.07, 6.45) is 10.8. The Bertz CT molecular complexity index is 1470. The van der Waals surface area contributed by atoms with Crippen LogP contribution < -0.4 is 5.11 Å².